The summed E-state index contributed by atoms with van der Waals surface area (Å²) >= 11 is 0. The summed E-state index contributed by atoms with van der Waals surface area (Å²) in [7, 11) is 0. The Hall–Kier alpha value is -2.88. The highest BCUT2D eigenvalue weighted by Gasteiger charge is 2.18. The molecular formula is C21H23N3O. The van der Waals surface area contributed by atoms with Gasteiger partial charge in [0.1, 0.15) is 0 Å². The van der Waals surface area contributed by atoms with Crippen LogP contribution in [0, 0.1) is 6.92 Å². The lowest BCUT2D eigenvalue weighted by Gasteiger charge is -2.18. The molecule has 0 saturated carbocycles. The van der Waals surface area contributed by atoms with Gasteiger partial charge in [-0.2, -0.15) is 5.10 Å². The summed E-state index contributed by atoms with van der Waals surface area (Å²) < 4.78 is 1.80. The van der Waals surface area contributed by atoms with Gasteiger partial charge in [-0.3, -0.25) is 4.79 Å². The Bertz CT molecular complexity index is 825. The van der Waals surface area contributed by atoms with E-state index in [1.807, 2.05) is 61.5 Å². The van der Waals surface area contributed by atoms with Crippen LogP contribution in [-0.2, 0) is 0 Å². The lowest BCUT2D eigenvalue weighted by atomic mass is 10.0. The number of nitrogens with one attached hydrogen (secondary N) is 1. The van der Waals surface area contributed by atoms with Gasteiger partial charge in [0, 0.05) is 5.69 Å². The van der Waals surface area contributed by atoms with Gasteiger partial charge < -0.3 is 5.32 Å². The van der Waals surface area contributed by atoms with Gasteiger partial charge in [0.2, 0.25) is 0 Å². The van der Waals surface area contributed by atoms with Crippen molar-refractivity contribution in [2.75, 3.05) is 0 Å². The third-order valence-electron chi connectivity index (χ3n) is 4.21. The number of hydrogen-bond acceptors (Lipinski definition) is 2. The Labute approximate surface area is 148 Å². The number of aromatic nitrogens is 2. The number of benzene rings is 2. The Kier molecular flexibility index (Phi) is 5.29. The molecule has 0 fully saturated rings. The van der Waals surface area contributed by atoms with Crippen molar-refractivity contribution in [2.45, 2.75) is 32.7 Å². The number of carbonyl (C=O) groups is 1. The molecule has 0 saturated heterocycles. The number of carbonyl (C=O) groups excluding carboxylic acids is 1. The summed E-state index contributed by atoms with van der Waals surface area (Å²) in [6, 6.07) is 21.8. The summed E-state index contributed by atoms with van der Waals surface area (Å²) in [5, 5.41) is 7.62. The molecule has 1 amide bonds. The molecule has 1 aromatic heterocycles. The first-order chi connectivity index (χ1) is 12.2. The highest BCUT2D eigenvalue weighted by molar-refractivity contribution is 5.92. The first-order valence-electron chi connectivity index (χ1n) is 8.67. The quantitative estimate of drug-likeness (QED) is 0.724. The molecule has 0 bridgehead atoms. The smallest absolute Gasteiger partial charge is 0.272 e. The summed E-state index contributed by atoms with van der Waals surface area (Å²) in [5.41, 5.74) is 3.45. The van der Waals surface area contributed by atoms with Crippen LogP contribution in [0.3, 0.4) is 0 Å². The van der Waals surface area contributed by atoms with Crippen molar-refractivity contribution < 1.29 is 4.79 Å². The Morgan fingerprint density at radius 2 is 1.72 bits per heavy atom. The van der Waals surface area contributed by atoms with Gasteiger partial charge in [0.15, 0.2) is 5.69 Å². The van der Waals surface area contributed by atoms with E-state index in [1.165, 1.54) is 0 Å². The molecule has 4 nitrogen and oxygen atoms in total. The monoisotopic (exact) mass is 333 g/mol. The van der Waals surface area contributed by atoms with Gasteiger partial charge in [0.25, 0.3) is 5.91 Å². The molecule has 1 unspecified atom stereocenters. The lowest BCUT2D eigenvalue weighted by Crippen LogP contribution is -2.29. The normalized spacial score (nSPS) is 11.9. The van der Waals surface area contributed by atoms with Crippen LogP contribution in [0.1, 0.15) is 47.6 Å². The first-order valence-corrected chi connectivity index (χ1v) is 8.67. The van der Waals surface area contributed by atoms with E-state index in [9.17, 15) is 4.79 Å². The molecule has 1 heterocycles. The highest BCUT2D eigenvalue weighted by Crippen LogP contribution is 2.19. The fourth-order valence-corrected chi connectivity index (χ4v) is 2.94. The van der Waals surface area contributed by atoms with Crippen LogP contribution in [0.15, 0.2) is 66.7 Å². The van der Waals surface area contributed by atoms with Gasteiger partial charge in [-0.25, -0.2) is 4.68 Å². The van der Waals surface area contributed by atoms with Crippen LogP contribution >= 0.6 is 0 Å². The number of hydrogen-bond donors (Lipinski definition) is 1. The lowest BCUT2D eigenvalue weighted by molar-refractivity contribution is 0.0929. The maximum absolute atomic E-state index is 12.7. The number of nitrogens with zero attached hydrogens (tertiary/aromatic N) is 2. The standard InChI is InChI=1S/C21H23N3O/c1-3-10-19(17-11-6-4-7-12-17)22-21(25)20-15-16(2)24(23-20)18-13-8-5-9-14-18/h4-9,11-15,19H,3,10H2,1-2H3,(H,22,25). The van der Waals surface area contributed by atoms with E-state index in [2.05, 4.69) is 29.5 Å². The molecule has 25 heavy (non-hydrogen) atoms. The summed E-state index contributed by atoms with van der Waals surface area (Å²) in [5.74, 6) is -0.139. The maximum atomic E-state index is 12.7. The zero-order valence-corrected chi connectivity index (χ0v) is 14.6. The zero-order valence-electron chi connectivity index (χ0n) is 14.6. The van der Waals surface area contributed by atoms with Crippen molar-refractivity contribution in [3.8, 4) is 5.69 Å². The maximum Gasteiger partial charge on any atom is 0.272 e. The van der Waals surface area contributed by atoms with Crippen LogP contribution in [0.5, 0.6) is 0 Å². The van der Waals surface area contributed by atoms with Crippen molar-refractivity contribution >= 4 is 5.91 Å². The molecule has 2 aromatic carbocycles. The largest absolute Gasteiger partial charge is 0.344 e. The number of amides is 1. The number of para-hydroxylation sites is 1. The molecule has 128 valence electrons. The van der Waals surface area contributed by atoms with Gasteiger partial charge in [-0.05, 0) is 37.1 Å². The second kappa shape index (κ2) is 7.79. The minimum atomic E-state index is -0.139. The average Bonchev–Trinajstić information content (AvgIpc) is 3.05. The Morgan fingerprint density at radius 1 is 1.08 bits per heavy atom. The molecule has 1 atom stereocenters. The van der Waals surface area contributed by atoms with E-state index < -0.39 is 0 Å². The van der Waals surface area contributed by atoms with Crippen molar-refractivity contribution in [2.24, 2.45) is 0 Å². The molecular weight excluding hydrogens is 310 g/mol. The Morgan fingerprint density at radius 3 is 2.36 bits per heavy atom. The van der Waals surface area contributed by atoms with Gasteiger partial charge in [0.05, 0.1) is 11.7 Å². The average molecular weight is 333 g/mol. The fraction of sp³-hybridized carbons (Fsp3) is 0.238. The van der Waals surface area contributed by atoms with Crippen LogP contribution in [0.25, 0.3) is 5.69 Å². The predicted octanol–water partition coefficient (Wildman–Crippen LogP) is 4.45. The SMILES string of the molecule is CCCC(NC(=O)c1cc(C)n(-c2ccccc2)n1)c1ccccc1. The second-order valence-corrected chi connectivity index (χ2v) is 6.14. The summed E-state index contributed by atoms with van der Waals surface area (Å²) in [4.78, 5) is 12.7. The molecule has 0 radical (unpaired) electrons. The molecule has 4 heteroatoms. The van der Waals surface area contributed by atoms with Crippen LogP contribution in [-0.4, -0.2) is 15.7 Å². The van der Waals surface area contributed by atoms with Crippen molar-refractivity contribution in [1.82, 2.24) is 15.1 Å². The van der Waals surface area contributed by atoms with Gasteiger partial charge in [-0.15, -0.1) is 0 Å². The first kappa shape index (κ1) is 17.0. The molecule has 3 aromatic rings. The third kappa shape index (κ3) is 3.97. The number of rotatable bonds is 6. The second-order valence-electron chi connectivity index (χ2n) is 6.14. The predicted molar refractivity (Wildman–Crippen MR) is 99.9 cm³/mol. The van der Waals surface area contributed by atoms with Crippen LogP contribution < -0.4 is 5.32 Å². The number of aryl methyl sites for hydroxylation is 1. The summed E-state index contributed by atoms with van der Waals surface area (Å²) in [6.45, 7) is 4.08. The van der Waals surface area contributed by atoms with Crippen LogP contribution in [0.2, 0.25) is 0 Å². The van der Waals surface area contributed by atoms with Crippen molar-refractivity contribution in [3.63, 3.8) is 0 Å². The minimum absolute atomic E-state index is 0.000816. The topological polar surface area (TPSA) is 46.9 Å². The van der Waals surface area contributed by atoms with Gasteiger partial charge in [-0.1, -0.05) is 61.9 Å². The molecule has 0 aliphatic carbocycles. The summed E-state index contributed by atoms with van der Waals surface area (Å²) in [6.07, 6.45) is 1.89. The van der Waals surface area contributed by atoms with Crippen molar-refractivity contribution in [3.05, 3.63) is 83.7 Å². The third-order valence-corrected chi connectivity index (χ3v) is 4.21. The van der Waals surface area contributed by atoms with E-state index in [0.717, 1.165) is 29.8 Å². The highest BCUT2D eigenvalue weighted by atomic mass is 16.2. The molecule has 0 aliphatic heterocycles. The minimum Gasteiger partial charge on any atom is -0.344 e. The molecule has 0 spiro atoms. The van der Waals surface area contributed by atoms with E-state index in [1.54, 1.807) is 4.68 Å². The van der Waals surface area contributed by atoms with E-state index in [-0.39, 0.29) is 11.9 Å². The van der Waals surface area contributed by atoms with Crippen molar-refractivity contribution in [1.29, 1.82) is 0 Å². The van der Waals surface area contributed by atoms with E-state index >= 15 is 0 Å². The Balaban J connectivity index is 1.81. The fourth-order valence-electron chi connectivity index (χ4n) is 2.94. The van der Waals surface area contributed by atoms with Crippen LogP contribution in [0.4, 0.5) is 0 Å². The zero-order chi connectivity index (χ0) is 17.6. The molecule has 1 N–H and O–H groups in total. The molecule has 3 rings (SSSR count). The molecule has 0 aliphatic rings. The van der Waals surface area contributed by atoms with E-state index in [4.69, 9.17) is 0 Å². The van der Waals surface area contributed by atoms with E-state index in [0.29, 0.717) is 5.69 Å². The van der Waals surface area contributed by atoms with Gasteiger partial charge >= 0.3 is 0 Å².